The zero-order valence-corrected chi connectivity index (χ0v) is 13.8. The Morgan fingerprint density at radius 2 is 1.52 bits per heavy atom. The summed E-state index contributed by atoms with van der Waals surface area (Å²) in [6, 6.07) is 0.655. The first-order valence-corrected chi connectivity index (χ1v) is 9.37. The van der Waals surface area contributed by atoms with Gasteiger partial charge in [-0.2, -0.15) is 0 Å². The van der Waals surface area contributed by atoms with Crippen molar-refractivity contribution in [3.8, 4) is 0 Å². The van der Waals surface area contributed by atoms with Crippen molar-refractivity contribution in [2.75, 3.05) is 0 Å². The van der Waals surface area contributed by atoms with Crippen molar-refractivity contribution in [2.24, 2.45) is 23.5 Å². The van der Waals surface area contributed by atoms with Gasteiger partial charge < -0.3 is 16.4 Å². The van der Waals surface area contributed by atoms with E-state index >= 15 is 0 Å². The molecule has 4 heteroatoms. The van der Waals surface area contributed by atoms with Crippen LogP contribution in [-0.4, -0.2) is 22.7 Å². The molecule has 5 aliphatic carbocycles. The topological polar surface area (TPSA) is 50.1 Å². The molecule has 5 fully saturated rings. The molecule has 0 amide bonds. The summed E-state index contributed by atoms with van der Waals surface area (Å²) in [6.45, 7) is 0. The van der Waals surface area contributed by atoms with Gasteiger partial charge in [0.05, 0.1) is 0 Å². The van der Waals surface area contributed by atoms with Crippen LogP contribution in [0.25, 0.3) is 0 Å². The van der Waals surface area contributed by atoms with Crippen LogP contribution in [0.3, 0.4) is 0 Å². The second kappa shape index (κ2) is 5.38. The molecule has 5 rings (SSSR count). The minimum Gasteiger partial charge on any atom is -0.358 e. The lowest BCUT2D eigenvalue weighted by Gasteiger charge is -2.57. The van der Waals surface area contributed by atoms with E-state index in [-0.39, 0.29) is 6.04 Å². The van der Waals surface area contributed by atoms with Crippen molar-refractivity contribution in [2.45, 2.75) is 81.8 Å². The normalized spacial score (nSPS) is 48.1. The van der Waals surface area contributed by atoms with E-state index in [4.69, 9.17) is 18.0 Å². The first-order chi connectivity index (χ1) is 10.1. The molecule has 0 aromatic carbocycles. The predicted octanol–water partition coefficient (Wildman–Crippen LogP) is 2.69. The van der Waals surface area contributed by atoms with Gasteiger partial charge in [-0.3, -0.25) is 0 Å². The van der Waals surface area contributed by atoms with E-state index in [0.717, 1.165) is 29.3 Å². The fraction of sp³-hybridized carbons (Fsp3) is 0.941. The lowest BCUT2D eigenvalue weighted by Crippen LogP contribution is -2.63. The highest BCUT2D eigenvalue weighted by Crippen LogP contribution is 2.55. The zero-order chi connectivity index (χ0) is 14.4. The largest absolute Gasteiger partial charge is 0.358 e. The summed E-state index contributed by atoms with van der Waals surface area (Å²) < 4.78 is 0. The van der Waals surface area contributed by atoms with Crippen LogP contribution in [0.15, 0.2) is 0 Å². The Bertz CT molecular complexity index is 387. The molecule has 0 spiro atoms. The van der Waals surface area contributed by atoms with Crippen molar-refractivity contribution < 1.29 is 0 Å². The van der Waals surface area contributed by atoms with Gasteiger partial charge in [-0.25, -0.2) is 0 Å². The molecule has 0 aromatic heterocycles. The van der Waals surface area contributed by atoms with Gasteiger partial charge in [0.25, 0.3) is 0 Å². The molecule has 0 aromatic rings. The fourth-order valence-corrected chi connectivity index (χ4v) is 6.42. The van der Waals surface area contributed by atoms with Crippen molar-refractivity contribution in [1.82, 2.24) is 10.6 Å². The minimum atomic E-state index is 0.273. The van der Waals surface area contributed by atoms with Gasteiger partial charge in [0.15, 0.2) is 5.11 Å². The third kappa shape index (κ3) is 2.81. The van der Waals surface area contributed by atoms with Crippen molar-refractivity contribution in [3.05, 3.63) is 0 Å². The number of rotatable bonds is 2. The van der Waals surface area contributed by atoms with Crippen LogP contribution in [0.1, 0.15) is 64.2 Å². The van der Waals surface area contributed by atoms with E-state index in [0.29, 0.717) is 11.6 Å². The molecule has 0 radical (unpaired) electrons. The SMILES string of the molecule is N[C@H]1CCCC[C@H]1NC(=S)NC12CC3CC(CC(C3)C1)C2. The molecule has 2 atom stereocenters. The summed E-state index contributed by atoms with van der Waals surface area (Å²) in [5, 5.41) is 8.17. The van der Waals surface area contributed by atoms with E-state index in [9.17, 15) is 0 Å². The molecule has 21 heavy (non-hydrogen) atoms. The van der Waals surface area contributed by atoms with Crippen LogP contribution in [0.4, 0.5) is 0 Å². The molecule has 0 aliphatic heterocycles. The number of nitrogens with one attached hydrogen (secondary N) is 2. The standard InChI is InChI=1S/C17H29N3S/c18-14-3-1-2-4-15(14)19-16(21)20-17-8-11-5-12(9-17)7-13(6-11)10-17/h11-15H,1-10,18H2,(H2,19,20,21)/t11?,12?,13?,14-,15+,17?/m0/s1. The first kappa shape index (κ1) is 14.3. The monoisotopic (exact) mass is 307 g/mol. The molecule has 5 saturated carbocycles. The molecule has 5 aliphatic rings. The Morgan fingerprint density at radius 3 is 2.10 bits per heavy atom. The van der Waals surface area contributed by atoms with Crippen LogP contribution < -0.4 is 16.4 Å². The van der Waals surface area contributed by atoms with Crippen LogP contribution >= 0.6 is 12.2 Å². The molecule has 0 unspecified atom stereocenters. The molecular formula is C17H29N3S. The Labute approximate surface area is 133 Å². The predicted molar refractivity (Wildman–Crippen MR) is 90.0 cm³/mol. The van der Waals surface area contributed by atoms with E-state index in [2.05, 4.69) is 10.6 Å². The molecule has 4 N–H and O–H groups in total. The summed E-state index contributed by atoms with van der Waals surface area (Å²) >= 11 is 5.65. The number of thiocarbonyl (C=S) groups is 1. The second-order valence-electron chi connectivity index (χ2n) is 8.35. The van der Waals surface area contributed by atoms with Crippen molar-refractivity contribution >= 4 is 17.3 Å². The molecular weight excluding hydrogens is 278 g/mol. The molecule has 4 bridgehead atoms. The van der Waals surface area contributed by atoms with Gasteiger partial charge >= 0.3 is 0 Å². The van der Waals surface area contributed by atoms with Crippen molar-refractivity contribution in [3.63, 3.8) is 0 Å². The quantitative estimate of drug-likeness (QED) is 0.687. The molecule has 3 nitrogen and oxygen atoms in total. The van der Waals surface area contributed by atoms with Gasteiger partial charge in [0.2, 0.25) is 0 Å². The average molecular weight is 308 g/mol. The van der Waals surface area contributed by atoms with Crippen LogP contribution in [0.5, 0.6) is 0 Å². The van der Waals surface area contributed by atoms with Gasteiger partial charge in [0, 0.05) is 17.6 Å². The highest BCUT2D eigenvalue weighted by Gasteiger charge is 2.51. The van der Waals surface area contributed by atoms with Crippen LogP contribution in [0, 0.1) is 17.8 Å². The highest BCUT2D eigenvalue weighted by atomic mass is 32.1. The van der Waals surface area contributed by atoms with E-state index in [1.165, 1.54) is 57.8 Å². The Hall–Kier alpha value is -0.350. The Kier molecular flexibility index (Phi) is 3.65. The lowest BCUT2D eigenvalue weighted by atomic mass is 9.53. The van der Waals surface area contributed by atoms with Crippen LogP contribution in [0.2, 0.25) is 0 Å². The second-order valence-corrected chi connectivity index (χ2v) is 8.76. The van der Waals surface area contributed by atoms with Gasteiger partial charge in [-0.1, -0.05) is 12.8 Å². The highest BCUT2D eigenvalue weighted by molar-refractivity contribution is 7.80. The maximum Gasteiger partial charge on any atom is 0.166 e. The first-order valence-electron chi connectivity index (χ1n) is 8.96. The fourth-order valence-electron chi connectivity index (χ4n) is 6.05. The third-order valence-corrected chi connectivity index (χ3v) is 6.77. The Morgan fingerprint density at radius 1 is 0.952 bits per heavy atom. The minimum absolute atomic E-state index is 0.273. The smallest absolute Gasteiger partial charge is 0.166 e. The number of hydrogen-bond acceptors (Lipinski definition) is 2. The molecule has 118 valence electrons. The van der Waals surface area contributed by atoms with Crippen molar-refractivity contribution in [1.29, 1.82) is 0 Å². The molecule has 0 heterocycles. The maximum absolute atomic E-state index is 6.24. The summed E-state index contributed by atoms with van der Waals surface area (Å²) in [7, 11) is 0. The zero-order valence-electron chi connectivity index (χ0n) is 12.9. The van der Waals surface area contributed by atoms with Gasteiger partial charge in [0.1, 0.15) is 0 Å². The number of nitrogens with two attached hydrogens (primary N) is 1. The summed E-state index contributed by atoms with van der Waals surface area (Å²) in [6.07, 6.45) is 13.3. The van der Waals surface area contributed by atoms with Gasteiger partial charge in [-0.05, 0) is 81.3 Å². The maximum atomic E-state index is 6.24. The lowest BCUT2D eigenvalue weighted by molar-refractivity contribution is -0.0102. The van der Waals surface area contributed by atoms with E-state index in [1.807, 2.05) is 0 Å². The summed E-state index contributed by atoms with van der Waals surface area (Å²) in [5.74, 6) is 2.88. The summed E-state index contributed by atoms with van der Waals surface area (Å²) in [5.41, 5.74) is 6.56. The van der Waals surface area contributed by atoms with Crippen LogP contribution in [-0.2, 0) is 0 Å². The summed E-state index contributed by atoms with van der Waals surface area (Å²) in [4.78, 5) is 0. The Balaban J connectivity index is 1.38. The van der Waals surface area contributed by atoms with E-state index < -0.39 is 0 Å². The van der Waals surface area contributed by atoms with E-state index in [1.54, 1.807) is 0 Å². The molecule has 0 saturated heterocycles. The third-order valence-electron chi connectivity index (χ3n) is 6.55. The average Bonchev–Trinajstić information content (AvgIpc) is 2.39. The van der Waals surface area contributed by atoms with Gasteiger partial charge in [-0.15, -0.1) is 0 Å². The number of hydrogen-bond donors (Lipinski definition) is 3.